The summed E-state index contributed by atoms with van der Waals surface area (Å²) in [5, 5.41) is 9.12. The maximum absolute atomic E-state index is 9.12. The summed E-state index contributed by atoms with van der Waals surface area (Å²) in [6, 6.07) is 2.28. The summed E-state index contributed by atoms with van der Waals surface area (Å²) in [7, 11) is 0. The number of nitrogens with two attached hydrogens (primary N) is 1. The molecule has 1 saturated heterocycles. The summed E-state index contributed by atoms with van der Waals surface area (Å²) in [5.74, 6) is 0.301. The van der Waals surface area contributed by atoms with Gasteiger partial charge in [-0.25, -0.2) is 0 Å². The molecule has 1 heterocycles. The lowest BCUT2D eigenvalue weighted by Crippen LogP contribution is -2.42. The van der Waals surface area contributed by atoms with Crippen molar-refractivity contribution in [1.29, 1.82) is 5.26 Å². The van der Waals surface area contributed by atoms with Crippen LogP contribution in [0.5, 0.6) is 0 Å². The average molecular weight is 252 g/mol. The van der Waals surface area contributed by atoms with Gasteiger partial charge in [-0.3, -0.25) is 0 Å². The topological polar surface area (TPSA) is 68.3 Å². The number of rotatable bonds is 5. The normalized spacial score (nSPS) is 36.4. The maximum atomic E-state index is 9.12. The Morgan fingerprint density at radius 3 is 2.94 bits per heavy atom. The lowest BCUT2D eigenvalue weighted by Gasteiger charge is -2.25. The minimum absolute atomic E-state index is 0.279. The molecule has 102 valence electrons. The third-order valence-electron chi connectivity index (χ3n) is 4.27. The third kappa shape index (κ3) is 3.44. The molecule has 2 aliphatic rings. The van der Waals surface area contributed by atoms with Crippen LogP contribution in [0.4, 0.5) is 0 Å². The molecule has 0 radical (unpaired) electrons. The van der Waals surface area contributed by atoms with E-state index in [9.17, 15) is 0 Å². The van der Waals surface area contributed by atoms with Crippen LogP contribution in [0, 0.1) is 17.2 Å². The van der Waals surface area contributed by atoms with E-state index in [1.807, 2.05) is 0 Å². The first-order valence-electron chi connectivity index (χ1n) is 7.14. The second-order valence-electron chi connectivity index (χ2n) is 5.59. The Balaban J connectivity index is 1.62. The Hall–Kier alpha value is -0.630. The second-order valence-corrected chi connectivity index (χ2v) is 5.59. The van der Waals surface area contributed by atoms with Crippen molar-refractivity contribution in [3.05, 3.63) is 0 Å². The highest BCUT2D eigenvalue weighted by Crippen LogP contribution is 2.35. The molecular weight excluding hydrogens is 228 g/mol. The Morgan fingerprint density at radius 1 is 1.33 bits per heavy atom. The zero-order valence-electron chi connectivity index (χ0n) is 11.1. The number of nitriles is 1. The van der Waals surface area contributed by atoms with Gasteiger partial charge in [-0.15, -0.1) is 0 Å². The van der Waals surface area contributed by atoms with Gasteiger partial charge in [0.25, 0.3) is 0 Å². The van der Waals surface area contributed by atoms with Crippen LogP contribution in [0.1, 0.15) is 44.9 Å². The van der Waals surface area contributed by atoms with Crippen molar-refractivity contribution in [3.8, 4) is 6.07 Å². The van der Waals surface area contributed by atoms with Gasteiger partial charge in [-0.1, -0.05) is 6.42 Å². The zero-order chi connectivity index (χ0) is 12.8. The van der Waals surface area contributed by atoms with Crippen molar-refractivity contribution in [2.24, 2.45) is 11.7 Å². The van der Waals surface area contributed by atoms with Crippen molar-refractivity contribution in [2.75, 3.05) is 19.8 Å². The van der Waals surface area contributed by atoms with Crippen LogP contribution >= 0.6 is 0 Å². The summed E-state index contributed by atoms with van der Waals surface area (Å²) in [4.78, 5) is 0. The molecule has 2 fully saturated rings. The summed E-state index contributed by atoms with van der Waals surface area (Å²) in [6.07, 6.45) is 7.68. The largest absolute Gasteiger partial charge is 0.379 e. The monoisotopic (exact) mass is 252 g/mol. The van der Waals surface area contributed by atoms with E-state index in [-0.39, 0.29) is 6.10 Å². The highest BCUT2D eigenvalue weighted by molar-refractivity contribution is 5.11. The van der Waals surface area contributed by atoms with Crippen LogP contribution in [-0.2, 0) is 9.47 Å². The van der Waals surface area contributed by atoms with Gasteiger partial charge in [0, 0.05) is 13.2 Å². The smallest absolute Gasteiger partial charge is 0.107 e. The molecule has 0 amide bonds. The maximum Gasteiger partial charge on any atom is 0.107 e. The van der Waals surface area contributed by atoms with Crippen LogP contribution < -0.4 is 5.73 Å². The predicted molar refractivity (Wildman–Crippen MR) is 68.9 cm³/mol. The number of hydrogen-bond donors (Lipinski definition) is 1. The van der Waals surface area contributed by atoms with E-state index >= 15 is 0 Å². The van der Waals surface area contributed by atoms with Crippen molar-refractivity contribution in [2.45, 2.75) is 56.6 Å². The van der Waals surface area contributed by atoms with Gasteiger partial charge in [0.15, 0.2) is 0 Å². The average Bonchev–Trinajstić information content (AvgIpc) is 2.78. The fourth-order valence-electron chi connectivity index (χ4n) is 3.03. The van der Waals surface area contributed by atoms with Gasteiger partial charge in [0.2, 0.25) is 0 Å². The fourth-order valence-corrected chi connectivity index (χ4v) is 3.03. The molecule has 3 unspecified atom stereocenters. The lowest BCUT2D eigenvalue weighted by atomic mass is 9.87. The summed E-state index contributed by atoms with van der Waals surface area (Å²) < 4.78 is 11.3. The molecule has 18 heavy (non-hydrogen) atoms. The quantitative estimate of drug-likeness (QED) is 0.760. The number of ether oxygens (including phenoxy) is 2. The Bertz CT molecular complexity index is 297. The SMILES string of the molecule is N#CC1(N)CCCC1CCOCC1CCCCO1. The van der Waals surface area contributed by atoms with Crippen molar-refractivity contribution >= 4 is 0 Å². The summed E-state index contributed by atoms with van der Waals surface area (Å²) >= 11 is 0. The van der Waals surface area contributed by atoms with Gasteiger partial charge in [-0.05, 0) is 44.4 Å². The Morgan fingerprint density at radius 2 is 2.22 bits per heavy atom. The van der Waals surface area contributed by atoms with Crippen molar-refractivity contribution in [1.82, 2.24) is 0 Å². The lowest BCUT2D eigenvalue weighted by molar-refractivity contribution is -0.0428. The molecule has 1 aliphatic heterocycles. The standard InChI is InChI=1S/C14H24N2O2/c15-11-14(16)7-3-4-12(14)6-9-17-10-13-5-1-2-8-18-13/h12-13H,1-10,16H2. The highest BCUT2D eigenvalue weighted by Gasteiger charge is 2.39. The molecule has 0 aromatic heterocycles. The predicted octanol–water partition coefficient (Wildman–Crippen LogP) is 1.98. The first-order valence-corrected chi connectivity index (χ1v) is 7.14. The molecule has 0 bridgehead atoms. The van der Waals surface area contributed by atoms with Gasteiger partial charge < -0.3 is 15.2 Å². The van der Waals surface area contributed by atoms with E-state index in [0.717, 1.165) is 38.7 Å². The van der Waals surface area contributed by atoms with Crippen LogP contribution in [0.2, 0.25) is 0 Å². The van der Waals surface area contributed by atoms with E-state index in [0.29, 0.717) is 19.1 Å². The molecule has 0 spiro atoms. The van der Waals surface area contributed by atoms with Crippen LogP contribution in [0.15, 0.2) is 0 Å². The summed E-state index contributed by atoms with van der Waals surface area (Å²) in [5.41, 5.74) is 5.48. The van der Waals surface area contributed by atoms with Crippen molar-refractivity contribution in [3.63, 3.8) is 0 Å². The molecule has 1 aliphatic carbocycles. The minimum atomic E-state index is -0.606. The number of hydrogen-bond acceptors (Lipinski definition) is 4. The van der Waals surface area contributed by atoms with Crippen LogP contribution in [-0.4, -0.2) is 31.5 Å². The van der Waals surface area contributed by atoms with Gasteiger partial charge in [0.05, 0.1) is 18.8 Å². The first kappa shape index (κ1) is 13.8. The van der Waals surface area contributed by atoms with E-state index in [1.54, 1.807) is 0 Å². The molecule has 0 aromatic rings. The molecular formula is C14H24N2O2. The Labute approximate surface area is 109 Å². The highest BCUT2D eigenvalue weighted by atomic mass is 16.5. The molecule has 2 N–H and O–H groups in total. The van der Waals surface area contributed by atoms with Crippen LogP contribution in [0.3, 0.4) is 0 Å². The summed E-state index contributed by atoms with van der Waals surface area (Å²) in [6.45, 7) is 2.26. The number of nitrogens with zero attached hydrogens (tertiary/aromatic N) is 1. The van der Waals surface area contributed by atoms with Gasteiger partial charge in [0.1, 0.15) is 5.54 Å². The third-order valence-corrected chi connectivity index (χ3v) is 4.27. The molecule has 1 saturated carbocycles. The molecule has 3 atom stereocenters. The van der Waals surface area contributed by atoms with E-state index in [4.69, 9.17) is 20.5 Å². The van der Waals surface area contributed by atoms with E-state index in [2.05, 4.69) is 6.07 Å². The molecule has 4 heteroatoms. The molecule has 0 aromatic carbocycles. The van der Waals surface area contributed by atoms with Gasteiger partial charge in [-0.2, -0.15) is 5.26 Å². The first-order chi connectivity index (χ1) is 8.74. The van der Waals surface area contributed by atoms with E-state index < -0.39 is 5.54 Å². The second kappa shape index (κ2) is 6.51. The molecule has 2 rings (SSSR count). The van der Waals surface area contributed by atoms with E-state index in [1.165, 1.54) is 12.8 Å². The fraction of sp³-hybridized carbons (Fsp3) is 0.929. The van der Waals surface area contributed by atoms with Crippen molar-refractivity contribution < 1.29 is 9.47 Å². The van der Waals surface area contributed by atoms with Gasteiger partial charge >= 0.3 is 0 Å². The zero-order valence-corrected chi connectivity index (χ0v) is 11.1. The minimum Gasteiger partial charge on any atom is -0.379 e. The van der Waals surface area contributed by atoms with Crippen LogP contribution in [0.25, 0.3) is 0 Å². The Kier molecular flexibility index (Phi) is 4.99. The molecule has 4 nitrogen and oxygen atoms in total.